The molecule has 0 radical (unpaired) electrons. The first-order chi connectivity index (χ1) is 9.87. The Morgan fingerprint density at radius 1 is 1.43 bits per heavy atom. The van der Waals surface area contributed by atoms with E-state index in [2.05, 4.69) is 5.32 Å². The lowest BCUT2D eigenvalue weighted by molar-refractivity contribution is -0.149. The zero-order valence-corrected chi connectivity index (χ0v) is 11.9. The molecule has 118 valence electrons. The minimum atomic E-state index is -0.847. The molecule has 2 atom stereocenters. The Morgan fingerprint density at radius 3 is 2.76 bits per heavy atom. The predicted molar refractivity (Wildman–Crippen MR) is 74.0 cm³/mol. The van der Waals surface area contributed by atoms with E-state index in [9.17, 15) is 19.5 Å². The molecule has 0 aromatic rings. The largest absolute Gasteiger partial charge is 0.481 e. The van der Waals surface area contributed by atoms with Crippen LogP contribution in [0.4, 0.5) is 4.79 Å². The highest BCUT2D eigenvalue weighted by molar-refractivity contribution is 5.81. The number of carboxylic acids is 1. The number of allylic oxidation sites excluding steroid dienone is 1. The predicted octanol–water partition coefficient (Wildman–Crippen LogP) is 0.292. The van der Waals surface area contributed by atoms with Crippen molar-refractivity contribution in [3.63, 3.8) is 0 Å². The fourth-order valence-electron chi connectivity index (χ4n) is 2.03. The summed E-state index contributed by atoms with van der Waals surface area (Å²) in [7, 11) is 0. The van der Waals surface area contributed by atoms with E-state index in [0.29, 0.717) is 25.7 Å². The van der Waals surface area contributed by atoms with Gasteiger partial charge in [-0.05, 0) is 38.7 Å². The summed E-state index contributed by atoms with van der Waals surface area (Å²) in [6.07, 6.45) is 4.28. The number of nitrogens with two attached hydrogens (primary N) is 1. The van der Waals surface area contributed by atoms with Gasteiger partial charge in [-0.1, -0.05) is 6.08 Å². The Hall–Kier alpha value is -2.09. The molecule has 8 heteroatoms. The molecule has 0 aromatic carbocycles. The molecule has 1 aliphatic carbocycles. The standard InChI is InChI=1S/C13H21N3O5/c1-13(11(18)19)6-3-2-4-9(5-7-13)21-12(20)15-8-10(17)16-14/h2,4,9H,3,5-8,14H2,1H3,(H,15,20)(H,16,17)(H,18,19)/b4-2+. The third-order valence-electron chi connectivity index (χ3n) is 3.52. The number of nitrogens with one attached hydrogen (secondary N) is 2. The van der Waals surface area contributed by atoms with Crippen molar-refractivity contribution in [3.8, 4) is 0 Å². The smallest absolute Gasteiger partial charge is 0.408 e. The second-order valence-corrected chi connectivity index (χ2v) is 5.24. The molecular weight excluding hydrogens is 278 g/mol. The first-order valence-electron chi connectivity index (χ1n) is 6.71. The number of carbonyl (C=O) groups excluding carboxylic acids is 2. The second kappa shape index (κ2) is 7.63. The monoisotopic (exact) mass is 299 g/mol. The highest BCUT2D eigenvalue weighted by atomic mass is 16.6. The molecule has 21 heavy (non-hydrogen) atoms. The van der Waals surface area contributed by atoms with Gasteiger partial charge in [-0.2, -0.15) is 0 Å². The Labute approximate surface area is 122 Å². The van der Waals surface area contributed by atoms with Crippen LogP contribution in [0.5, 0.6) is 0 Å². The van der Waals surface area contributed by atoms with Crippen molar-refractivity contribution < 1.29 is 24.2 Å². The first kappa shape index (κ1) is 17.0. The molecule has 0 heterocycles. The van der Waals surface area contributed by atoms with E-state index >= 15 is 0 Å². The molecule has 0 fully saturated rings. The highest BCUT2D eigenvalue weighted by Crippen LogP contribution is 2.32. The Kier molecular flexibility index (Phi) is 6.16. The lowest BCUT2D eigenvalue weighted by atomic mass is 9.79. The van der Waals surface area contributed by atoms with Gasteiger partial charge in [0.2, 0.25) is 0 Å². The summed E-state index contributed by atoms with van der Waals surface area (Å²) in [5.41, 5.74) is 1.06. The quantitative estimate of drug-likeness (QED) is 0.255. The van der Waals surface area contributed by atoms with E-state index in [1.807, 2.05) is 11.5 Å². The second-order valence-electron chi connectivity index (χ2n) is 5.24. The number of carbonyl (C=O) groups is 3. The third kappa shape index (κ3) is 5.42. The lowest BCUT2D eigenvalue weighted by Gasteiger charge is -2.27. The van der Waals surface area contributed by atoms with Crippen molar-refractivity contribution in [1.29, 1.82) is 0 Å². The van der Waals surface area contributed by atoms with Crippen LogP contribution in [0.25, 0.3) is 0 Å². The molecule has 0 saturated carbocycles. The molecule has 5 N–H and O–H groups in total. The summed E-state index contributed by atoms with van der Waals surface area (Å²) in [6.45, 7) is 1.41. The third-order valence-corrected chi connectivity index (χ3v) is 3.52. The number of aliphatic carboxylic acids is 1. The molecule has 8 nitrogen and oxygen atoms in total. The highest BCUT2D eigenvalue weighted by Gasteiger charge is 2.34. The first-order valence-corrected chi connectivity index (χ1v) is 6.71. The topological polar surface area (TPSA) is 131 Å². The molecule has 1 rings (SSSR count). The number of rotatable bonds is 4. The molecule has 0 bridgehead atoms. The van der Waals surface area contributed by atoms with Gasteiger partial charge in [-0.25, -0.2) is 10.6 Å². The minimum absolute atomic E-state index is 0.279. The Balaban J connectivity index is 2.51. The normalized spacial score (nSPS) is 26.9. The lowest BCUT2D eigenvalue weighted by Crippen LogP contribution is -2.41. The summed E-state index contributed by atoms with van der Waals surface area (Å²) in [5, 5.41) is 11.5. The Bertz CT molecular complexity index is 438. The number of hydrazine groups is 1. The SMILES string of the molecule is CC1(C(=O)O)CC/C=C/C(OC(=O)NCC(=O)NN)CC1. The minimum Gasteiger partial charge on any atom is -0.481 e. The average Bonchev–Trinajstić information content (AvgIpc) is 2.43. The van der Waals surface area contributed by atoms with Gasteiger partial charge < -0.3 is 15.2 Å². The van der Waals surface area contributed by atoms with Crippen LogP contribution in [-0.4, -0.2) is 35.7 Å². The van der Waals surface area contributed by atoms with Crippen LogP contribution in [-0.2, 0) is 14.3 Å². The molecule has 0 saturated heterocycles. The van der Waals surface area contributed by atoms with Crippen molar-refractivity contribution in [1.82, 2.24) is 10.7 Å². The fraction of sp³-hybridized carbons (Fsp3) is 0.615. The zero-order valence-electron chi connectivity index (χ0n) is 11.9. The maximum Gasteiger partial charge on any atom is 0.408 e. The van der Waals surface area contributed by atoms with Gasteiger partial charge in [0.25, 0.3) is 5.91 Å². The summed E-state index contributed by atoms with van der Waals surface area (Å²) in [6, 6.07) is 0. The molecule has 0 aliphatic heterocycles. The van der Waals surface area contributed by atoms with Crippen LogP contribution in [0.2, 0.25) is 0 Å². The molecule has 2 amide bonds. The van der Waals surface area contributed by atoms with Crippen LogP contribution in [0.15, 0.2) is 12.2 Å². The van der Waals surface area contributed by atoms with Crippen molar-refractivity contribution in [2.45, 2.75) is 38.7 Å². The molecule has 0 aromatic heterocycles. The molecule has 0 spiro atoms. The maximum absolute atomic E-state index is 11.5. The number of hydrogen-bond acceptors (Lipinski definition) is 5. The summed E-state index contributed by atoms with van der Waals surface area (Å²) < 4.78 is 5.14. The van der Waals surface area contributed by atoms with E-state index in [1.54, 1.807) is 13.0 Å². The molecule has 2 unspecified atom stereocenters. The Morgan fingerprint density at radius 2 is 2.14 bits per heavy atom. The van der Waals surface area contributed by atoms with Crippen molar-refractivity contribution >= 4 is 18.0 Å². The van der Waals surface area contributed by atoms with Gasteiger partial charge in [0, 0.05) is 0 Å². The van der Waals surface area contributed by atoms with E-state index < -0.39 is 29.5 Å². The van der Waals surface area contributed by atoms with Crippen molar-refractivity contribution in [2.24, 2.45) is 11.3 Å². The van der Waals surface area contributed by atoms with E-state index in [1.165, 1.54) is 0 Å². The van der Waals surface area contributed by atoms with E-state index in [0.717, 1.165) is 0 Å². The van der Waals surface area contributed by atoms with Crippen LogP contribution >= 0.6 is 0 Å². The summed E-state index contributed by atoms with van der Waals surface area (Å²) in [4.78, 5) is 33.7. The summed E-state index contributed by atoms with van der Waals surface area (Å²) in [5.74, 6) is 3.49. The van der Waals surface area contributed by atoms with Gasteiger partial charge in [-0.15, -0.1) is 0 Å². The van der Waals surface area contributed by atoms with Crippen molar-refractivity contribution in [2.75, 3.05) is 6.54 Å². The average molecular weight is 299 g/mol. The van der Waals surface area contributed by atoms with E-state index in [4.69, 9.17) is 10.6 Å². The molecular formula is C13H21N3O5. The van der Waals surface area contributed by atoms with Crippen molar-refractivity contribution in [3.05, 3.63) is 12.2 Å². The van der Waals surface area contributed by atoms with Gasteiger partial charge in [-0.3, -0.25) is 15.0 Å². The summed E-state index contributed by atoms with van der Waals surface area (Å²) >= 11 is 0. The van der Waals surface area contributed by atoms with Crippen LogP contribution in [0.3, 0.4) is 0 Å². The van der Waals surface area contributed by atoms with Crippen LogP contribution in [0.1, 0.15) is 32.6 Å². The number of ether oxygens (including phenoxy) is 1. The number of amides is 2. The van der Waals surface area contributed by atoms with Gasteiger partial charge in [0.15, 0.2) is 0 Å². The van der Waals surface area contributed by atoms with Crippen LogP contribution < -0.4 is 16.6 Å². The number of carboxylic acid groups (broad SMARTS) is 1. The van der Waals surface area contributed by atoms with E-state index in [-0.39, 0.29) is 6.54 Å². The van der Waals surface area contributed by atoms with Gasteiger partial charge in [0.1, 0.15) is 12.6 Å². The fourth-order valence-corrected chi connectivity index (χ4v) is 2.03. The van der Waals surface area contributed by atoms with Crippen LogP contribution in [0, 0.1) is 5.41 Å². The van der Waals surface area contributed by atoms with Gasteiger partial charge in [0.05, 0.1) is 5.41 Å². The number of alkyl carbamates (subject to hydrolysis) is 1. The maximum atomic E-state index is 11.5. The zero-order chi connectivity index (χ0) is 15.9. The molecule has 1 aliphatic rings. The van der Waals surface area contributed by atoms with Gasteiger partial charge >= 0.3 is 12.1 Å². The number of hydrogen-bond donors (Lipinski definition) is 4.